The van der Waals surface area contributed by atoms with E-state index in [1.54, 1.807) is 0 Å². The summed E-state index contributed by atoms with van der Waals surface area (Å²) in [4.78, 5) is 23.3. The van der Waals surface area contributed by atoms with Crippen molar-refractivity contribution in [2.75, 3.05) is 33.2 Å². The molecule has 0 aliphatic carbocycles. The standard InChI is InChI=1S/C22H33BrN4O/c1-5-8-20(26-12-11-25(4)14-16(6-2)15-26)21-24-19-10-9-17(23)13-18(19)22(28)27(21)7-3/h9-10,13,16,20H,5-8,11-12,14-15H2,1-4H3/t16-,20+/m0/s1. The van der Waals surface area contributed by atoms with Crippen LogP contribution in [-0.4, -0.2) is 52.6 Å². The molecular formula is C22H33BrN4O. The lowest BCUT2D eigenvalue weighted by molar-refractivity contribution is 0.163. The lowest BCUT2D eigenvalue weighted by atomic mass is 10.0. The quantitative estimate of drug-likeness (QED) is 0.660. The van der Waals surface area contributed by atoms with Crippen LogP contribution in [0.1, 0.15) is 51.9 Å². The number of hydrogen-bond donors (Lipinski definition) is 0. The zero-order chi connectivity index (χ0) is 20.3. The molecule has 0 saturated carbocycles. The Morgan fingerprint density at radius 2 is 2.00 bits per heavy atom. The van der Waals surface area contributed by atoms with Gasteiger partial charge in [-0.2, -0.15) is 0 Å². The number of hydrogen-bond acceptors (Lipinski definition) is 4. The first-order valence-electron chi connectivity index (χ1n) is 10.6. The van der Waals surface area contributed by atoms with Crippen LogP contribution in [0.3, 0.4) is 0 Å². The molecular weight excluding hydrogens is 416 g/mol. The highest BCUT2D eigenvalue weighted by atomic mass is 79.9. The third kappa shape index (κ3) is 4.50. The van der Waals surface area contributed by atoms with Crippen molar-refractivity contribution in [3.8, 4) is 0 Å². The molecule has 0 amide bonds. The fourth-order valence-corrected chi connectivity index (χ4v) is 4.73. The molecule has 3 rings (SSSR count). The SMILES string of the molecule is CCC[C@H](c1nc2ccc(Br)cc2c(=O)n1CC)N1CCN(C)C[C@H](CC)C1. The number of halogens is 1. The van der Waals surface area contributed by atoms with Crippen molar-refractivity contribution in [1.82, 2.24) is 19.4 Å². The summed E-state index contributed by atoms with van der Waals surface area (Å²) in [6, 6.07) is 6.01. The number of fused-ring (bicyclic) bond motifs is 1. The van der Waals surface area contributed by atoms with Gasteiger partial charge in [0.15, 0.2) is 0 Å². The number of aromatic nitrogens is 2. The zero-order valence-corrected chi connectivity index (χ0v) is 19.2. The fourth-order valence-electron chi connectivity index (χ4n) is 4.37. The third-order valence-electron chi connectivity index (χ3n) is 5.97. The summed E-state index contributed by atoms with van der Waals surface area (Å²) < 4.78 is 2.81. The van der Waals surface area contributed by atoms with Gasteiger partial charge in [0.25, 0.3) is 5.56 Å². The van der Waals surface area contributed by atoms with E-state index in [-0.39, 0.29) is 11.6 Å². The molecule has 0 radical (unpaired) electrons. The van der Waals surface area contributed by atoms with Gasteiger partial charge in [0, 0.05) is 37.2 Å². The van der Waals surface area contributed by atoms with Gasteiger partial charge in [-0.1, -0.05) is 42.6 Å². The lowest BCUT2D eigenvalue weighted by Crippen LogP contribution is -2.38. The number of rotatable bonds is 6. The molecule has 0 bridgehead atoms. The first-order valence-corrected chi connectivity index (χ1v) is 11.4. The van der Waals surface area contributed by atoms with Gasteiger partial charge in [0.05, 0.1) is 16.9 Å². The van der Waals surface area contributed by atoms with Crippen LogP contribution in [-0.2, 0) is 6.54 Å². The summed E-state index contributed by atoms with van der Waals surface area (Å²) in [7, 11) is 2.22. The number of likely N-dealkylation sites (N-methyl/N-ethyl adjacent to an activating group) is 1. The maximum atomic E-state index is 13.2. The van der Waals surface area contributed by atoms with Gasteiger partial charge in [-0.3, -0.25) is 14.3 Å². The van der Waals surface area contributed by atoms with Crippen LogP contribution in [0.25, 0.3) is 10.9 Å². The fraction of sp³-hybridized carbons (Fsp3) is 0.636. The average molecular weight is 449 g/mol. The highest BCUT2D eigenvalue weighted by Crippen LogP contribution is 2.28. The monoisotopic (exact) mass is 448 g/mol. The molecule has 1 aliphatic heterocycles. The second-order valence-corrected chi connectivity index (χ2v) is 8.93. The summed E-state index contributed by atoms with van der Waals surface area (Å²) in [5.74, 6) is 1.59. The van der Waals surface area contributed by atoms with E-state index in [2.05, 4.69) is 46.6 Å². The normalized spacial score (nSPS) is 20.4. The molecule has 154 valence electrons. The van der Waals surface area contributed by atoms with Crippen LogP contribution < -0.4 is 5.56 Å². The van der Waals surface area contributed by atoms with E-state index in [4.69, 9.17) is 4.98 Å². The van der Waals surface area contributed by atoms with Crippen LogP contribution in [0.15, 0.2) is 27.5 Å². The van der Waals surface area contributed by atoms with Crippen molar-refractivity contribution in [2.45, 2.75) is 52.6 Å². The largest absolute Gasteiger partial charge is 0.305 e. The summed E-state index contributed by atoms with van der Waals surface area (Å²) in [5.41, 5.74) is 0.872. The highest BCUT2D eigenvalue weighted by molar-refractivity contribution is 9.10. The molecule has 1 saturated heterocycles. The molecule has 1 aromatic heterocycles. The van der Waals surface area contributed by atoms with E-state index >= 15 is 0 Å². The van der Waals surface area contributed by atoms with E-state index in [1.807, 2.05) is 29.7 Å². The Morgan fingerprint density at radius 1 is 1.21 bits per heavy atom. The Balaban J connectivity index is 2.09. The molecule has 1 aromatic carbocycles. The minimum Gasteiger partial charge on any atom is -0.305 e. The van der Waals surface area contributed by atoms with Gasteiger partial charge in [0.2, 0.25) is 0 Å². The van der Waals surface area contributed by atoms with Crippen LogP contribution >= 0.6 is 15.9 Å². The molecule has 28 heavy (non-hydrogen) atoms. The van der Waals surface area contributed by atoms with E-state index in [0.717, 1.165) is 54.8 Å². The molecule has 2 heterocycles. The molecule has 1 fully saturated rings. The Bertz CT molecular complexity index is 865. The van der Waals surface area contributed by atoms with Gasteiger partial charge in [-0.25, -0.2) is 4.98 Å². The molecule has 5 nitrogen and oxygen atoms in total. The van der Waals surface area contributed by atoms with Gasteiger partial charge < -0.3 is 4.90 Å². The summed E-state index contributed by atoms with van der Waals surface area (Å²) >= 11 is 3.49. The van der Waals surface area contributed by atoms with Crippen LogP contribution in [0, 0.1) is 5.92 Å². The van der Waals surface area contributed by atoms with Crippen LogP contribution in [0.5, 0.6) is 0 Å². The molecule has 2 aromatic rings. The van der Waals surface area contributed by atoms with E-state index in [1.165, 1.54) is 6.42 Å². The second-order valence-electron chi connectivity index (χ2n) is 8.02. The molecule has 1 aliphatic rings. The topological polar surface area (TPSA) is 41.4 Å². The first kappa shape index (κ1) is 21.5. The van der Waals surface area contributed by atoms with E-state index < -0.39 is 0 Å². The Morgan fingerprint density at radius 3 is 2.68 bits per heavy atom. The van der Waals surface area contributed by atoms with Crippen LogP contribution in [0.2, 0.25) is 0 Å². The summed E-state index contributed by atoms with van der Waals surface area (Å²) in [6.45, 7) is 11.5. The van der Waals surface area contributed by atoms with Gasteiger partial charge in [-0.15, -0.1) is 0 Å². The molecule has 0 spiro atoms. The molecule has 2 atom stereocenters. The van der Waals surface area contributed by atoms with Crippen molar-refractivity contribution >= 4 is 26.8 Å². The summed E-state index contributed by atoms with van der Waals surface area (Å²) in [6.07, 6.45) is 3.28. The highest BCUT2D eigenvalue weighted by Gasteiger charge is 2.29. The van der Waals surface area contributed by atoms with Crippen molar-refractivity contribution in [3.05, 3.63) is 38.9 Å². The number of benzene rings is 1. The van der Waals surface area contributed by atoms with Gasteiger partial charge in [0.1, 0.15) is 5.82 Å². The summed E-state index contributed by atoms with van der Waals surface area (Å²) in [5, 5.41) is 0.692. The van der Waals surface area contributed by atoms with Crippen molar-refractivity contribution in [1.29, 1.82) is 0 Å². The van der Waals surface area contributed by atoms with E-state index in [0.29, 0.717) is 17.8 Å². The maximum absolute atomic E-state index is 13.2. The molecule has 0 unspecified atom stereocenters. The minimum atomic E-state index is 0.0730. The predicted molar refractivity (Wildman–Crippen MR) is 120 cm³/mol. The Hall–Kier alpha value is -1.24. The van der Waals surface area contributed by atoms with Crippen LogP contribution in [0.4, 0.5) is 0 Å². The van der Waals surface area contributed by atoms with Crippen molar-refractivity contribution < 1.29 is 0 Å². The zero-order valence-electron chi connectivity index (χ0n) is 17.6. The Kier molecular flexibility index (Phi) is 7.29. The first-order chi connectivity index (χ1) is 13.5. The Labute approximate surface area is 176 Å². The molecule has 0 N–H and O–H groups in total. The van der Waals surface area contributed by atoms with Crippen molar-refractivity contribution in [3.63, 3.8) is 0 Å². The van der Waals surface area contributed by atoms with Gasteiger partial charge in [-0.05, 0) is 44.5 Å². The lowest BCUT2D eigenvalue weighted by Gasteiger charge is -2.33. The maximum Gasteiger partial charge on any atom is 0.261 e. The van der Waals surface area contributed by atoms with E-state index in [9.17, 15) is 4.79 Å². The number of nitrogens with zero attached hydrogens (tertiary/aromatic N) is 4. The second kappa shape index (κ2) is 9.51. The molecule has 6 heteroatoms. The van der Waals surface area contributed by atoms with Gasteiger partial charge >= 0.3 is 0 Å². The average Bonchev–Trinajstić information content (AvgIpc) is 2.88. The predicted octanol–water partition coefficient (Wildman–Crippen LogP) is 4.29. The van der Waals surface area contributed by atoms with Crippen molar-refractivity contribution in [2.24, 2.45) is 5.92 Å². The smallest absolute Gasteiger partial charge is 0.261 e. The third-order valence-corrected chi connectivity index (χ3v) is 6.46. The minimum absolute atomic E-state index is 0.0730.